The van der Waals surface area contributed by atoms with Crippen LogP contribution in [0, 0.1) is 0 Å². The first-order valence-electron chi connectivity index (χ1n) is 6.61. The van der Waals surface area contributed by atoms with Gasteiger partial charge < -0.3 is 5.32 Å². The first-order valence-corrected chi connectivity index (χ1v) is 6.61. The van der Waals surface area contributed by atoms with Crippen LogP contribution < -0.4 is 5.32 Å². The van der Waals surface area contributed by atoms with Crippen molar-refractivity contribution in [2.24, 2.45) is 0 Å². The highest BCUT2D eigenvalue weighted by atomic mass is 15.3. The summed E-state index contributed by atoms with van der Waals surface area (Å²) in [5.74, 6) is 0. The lowest BCUT2D eigenvalue weighted by atomic mass is 10.1. The van der Waals surface area contributed by atoms with Gasteiger partial charge in [0.2, 0.25) is 0 Å². The molecule has 0 aliphatic carbocycles. The van der Waals surface area contributed by atoms with Gasteiger partial charge in [0.1, 0.15) is 0 Å². The fourth-order valence-corrected chi connectivity index (χ4v) is 1.98. The monoisotopic (exact) mass is 243 g/mol. The summed E-state index contributed by atoms with van der Waals surface area (Å²) < 4.78 is 2.06. The Kier molecular flexibility index (Phi) is 4.53. The van der Waals surface area contributed by atoms with E-state index in [-0.39, 0.29) is 0 Å². The summed E-state index contributed by atoms with van der Waals surface area (Å²) in [7, 11) is 0. The van der Waals surface area contributed by atoms with Crippen LogP contribution in [0.2, 0.25) is 0 Å². The van der Waals surface area contributed by atoms with E-state index < -0.39 is 0 Å². The van der Waals surface area contributed by atoms with Gasteiger partial charge in [-0.3, -0.25) is 4.68 Å². The van der Waals surface area contributed by atoms with Crippen molar-refractivity contribution < 1.29 is 0 Å². The Balaban J connectivity index is 2.02. The minimum atomic E-state index is 0.432. The van der Waals surface area contributed by atoms with Crippen LogP contribution in [0.3, 0.4) is 0 Å². The van der Waals surface area contributed by atoms with Crippen molar-refractivity contribution >= 4 is 0 Å². The summed E-state index contributed by atoms with van der Waals surface area (Å²) in [6, 6.07) is 10.8. The third kappa shape index (κ3) is 3.20. The molecule has 2 aromatic rings. The van der Waals surface area contributed by atoms with Gasteiger partial charge in [-0.25, -0.2) is 0 Å². The largest absolute Gasteiger partial charge is 0.317 e. The van der Waals surface area contributed by atoms with Crippen LogP contribution in [-0.2, 0) is 0 Å². The molecule has 0 bridgehead atoms. The molecule has 18 heavy (non-hydrogen) atoms. The summed E-state index contributed by atoms with van der Waals surface area (Å²) in [6.07, 6.45) is 5.18. The van der Waals surface area contributed by atoms with Crippen LogP contribution in [0.25, 0.3) is 11.1 Å². The number of hydrogen-bond acceptors (Lipinski definition) is 2. The van der Waals surface area contributed by atoms with E-state index in [0.29, 0.717) is 6.04 Å². The zero-order chi connectivity index (χ0) is 12.8. The second-order valence-electron chi connectivity index (χ2n) is 4.57. The van der Waals surface area contributed by atoms with Gasteiger partial charge in [0.05, 0.1) is 12.2 Å². The molecule has 2 rings (SSSR count). The van der Waals surface area contributed by atoms with Crippen molar-refractivity contribution in [1.82, 2.24) is 15.1 Å². The van der Waals surface area contributed by atoms with Crippen LogP contribution in [0.5, 0.6) is 0 Å². The van der Waals surface area contributed by atoms with Gasteiger partial charge in [-0.1, -0.05) is 37.3 Å². The zero-order valence-electron chi connectivity index (χ0n) is 11.1. The highest BCUT2D eigenvalue weighted by molar-refractivity contribution is 5.61. The van der Waals surface area contributed by atoms with E-state index in [1.54, 1.807) is 0 Å². The molecule has 96 valence electrons. The SMILES string of the molecule is CCNCCC(C)n1cc(-c2ccccc2)cn1. The van der Waals surface area contributed by atoms with E-state index in [0.717, 1.165) is 19.5 Å². The molecule has 0 radical (unpaired) electrons. The first-order chi connectivity index (χ1) is 8.81. The van der Waals surface area contributed by atoms with Gasteiger partial charge in [0.15, 0.2) is 0 Å². The number of rotatable bonds is 6. The van der Waals surface area contributed by atoms with Crippen molar-refractivity contribution in [2.45, 2.75) is 26.3 Å². The Labute approximate surface area is 109 Å². The zero-order valence-corrected chi connectivity index (χ0v) is 11.1. The molecule has 0 spiro atoms. The molecular formula is C15H21N3. The molecule has 0 saturated carbocycles. The van der Waals surface area contributed by atoms with E-state index in [1.165, 1.54) is 11.1 Å². The lowest BCUT2D eigenvalue weighted by molar-refractivity contribution is 0.447. The minimum absolute atomic E-state index is 0.432. The topological polar surface area (TPSA) is 29.9 Å². The summed E-state index contributed by atoms with van der Waals surface area (Å²) in [6.45, 7) is 6.41. The lowest BCUT2D eigenvalue weighted by Crippen LogP contribution is -2.18. The maximum Gasteiger partial charge on any atom is 0.0568 e. The number of benzene rings is 1. The third-order valence-electron chi connectivity index (χ3n) is 3.15. The fraction of sp³-hybridized carbons (Fsp3) is 0.400. The van der Waals surface area contributed by atoms with E-state index in [2.05, 4.69) is 59.4 Å². The highest BCUT2D eigenvalue weighted by Gasteiger charge is 2.07. The molecule has 3 heteroatoms. The van der Waals surface area contributed by atoms with Crippen molar-refractivity contribution in [2.75, 3.05) is 13.1 Å². The number of hydrogen-bond donors (Lipinski definition) is 1. The summed E-state index contributed by atoms with van der Waals surface area (Å²) in [4.78, 5) is 0. The Bertz CT molecular complexity index is 462. The maximum atomic E-state index is 4.46. The van der Waals surface area contributed by atoms with Gasteiger partial charge in [0, 0.05) is 11.8 Å². The Morgan fingerprint density at radius 1 is 1.22 bits per heavy atom. The molecule has 1 aromatic carbocycles. The van der Waals surface area contributed by atoms with Crippen LogP contribution in [0.15, 0.2) is 42.7 Å². The molecule has 1 aromatic heterocycles. The normalized spacial score (nSPS) is 12.6. The molecule has 1 atom stereocenters. The highest BCUT2D eigenvalue weighted by Crippen LogP contribution is 2.20. The van der Waals surface area contributed by atoms with Crippen molar-refractivity contribution in [3.8, 4) is 11.1 Å². The first kappa shape index (κ1) is 12.8. The van der Waals surface area contributed by atoms with Gasteiger partial charge in [-0.15, -0.1) is 0 Å². The second-order valence-corrected chi connectivity index (χ2v) is 4.57. The molecule has 1 heterocycles. The maximum absolute atomic E-state index is 4.46. The summed E-state index contributed by atoms with van der Waals surface area (Å²) in [5.41, 5.74) is 2.41. The van der Waals surface area contributed by atoms with Crippen LogP contribution in [-0.4, -0.2) is 22.9 Å². The molecule has 1 N–H and O–H groups in total. The third-order valence-corrected chi connectivity index (χ3v) is 3.15. The summed E-state index contributed by atoms with van der Waals surface area (Å²) >= 11 is 0. The quantitative estimate of drug-likeness (QED) is 0.790. The van der Waals surface area contributed by atoms with E-state index >= 15 is 0 Å². The predicted octanol–water partition coefficient (Wildman–Crippen LogP) is 3.11. The molecule has 0 amide bonds. The average Bonchev–Trinajstić information content (AvgIpc) is 2.89. The molecule has 0 aliphatic heterocycles. The average molecular weight is 243 g/mol. The van der Waals surface area contributed by atoms with Crippen molar-refractivity contribution in [1.29, 1.82) is 0 Å². The van der Waals surface area contributed by atoms with Gasteiger partial charge >= 0.3 is 0 Å². The van der Waals surface area contributed by atoms with Gasteiger partial charge in [0.25, 0.3) is 0 Å². The minimum Gasteiger partial charge on any atom is -0.317 e. The van der Waals surface area contributed by atoms with Crippen molar-refractivity contribution in [3.05, 3.63) is 42.7 Å². The van der Waals surface area contributed by atoms with E-state index in [4.69, 9.17) is 0 Å². The standard InChI is InChI=1S/C15H21N3/c1-3-16-10-9-13(2)18-12-15(11-17-18)14-7-5-4-6-8-14/h4-8,11-13,16H,3,9-10H2,1-2H3. The molecule has 0 aliphatic rings. The Morgan fingerprint density at radius 2 is 2.00 bits per heavy atom. The van der Waals surface area contributed by atoms with E-state index in [1.807, 2.05) is 12.3 Å². The molecular weight excluding hydrogens is 222 g/mol. The lowest BCUT2D eigenvalue weighted by Gasteiger charge is -2.11. The fourth-order valence-electron chi connectivity index (χ4n) is 1.98. The number of nitrogens with zero attached hydrogens (tertiary/aromatic N) is 2. The van der Waals surface area contributed by atoms with Crippen LogP contribution >= 0.6 is 0 Å². The number of nitrogens with one attached hydrogen (secondary N) is 1. The van der Waals surface area contributed by atoms with Crippen molar-refractivity contribution in [3.63, 3.8) is 0 Å². The van der Waals surface area contributed by atoms with Gasteiger partial charge in [-0.2, -0.15) is 5.10 Å². The molecule has 0 fully saturated rings. The summed E-state index contributed by atoms with van der Waals surface area (Å²) in [5, 5.41) is 7.81. The van der Waals surface area contributed by atoms with Gasteiger partial charge in [-0.05, 0) is 32.0 Å². The predicted molar refractivity (Wildman–Crippen MR) is 75.5 cm³/mol. The molecule has 0 saturated heterocycles. The smallest absolute Gasteiger partial charge is 0.0568 e. The molecule has 1 unspecified atom stereocenters. The van der Waals surface area contributed by atoms with E-state index in [9.17, 15) is 0 Å². The number of aromatic nitrogens is 2. The Hall–Kier alpha value is -1.61. The van der Waals surface area contributed by atoms with Crippen LogP contribution in [0.4, 0.5) is 0 Å². The Morgan fingerprint density at radius 3 is 2.72 bits per heavy atom. The second kappa shape index (κ2) is 6.36. The molecule has 3 nitrogen and oxygen atoms in total. The van der Waals surface area contributed by atoms with Crippen LogP contribution in [0.1, 0.15) is 26.3 Å².